The molecule has 1 saturated carbocycles. The van der Waals surface area contributed by atoms with Crippen molar-refractivity contribution >= 4 is 31.1 Å². The van der Waals surface area contributed by atoms with Crippen LogP contribution in [0.3, 0.4) is 0 Å². The molecule has 0 bridgehead atoms. The number of hydrogen-bond acceptors (Lipinski definition) is 7. The Morgan fingerprint density at radius 2 is 1.67 bits per heavy atom. The molecule has 1 aliphatic heterocycles. The van der Waals surface area contributed by atoms with Crippen molar-refractivity contribution in [2.75, 3.05) is 24.2 Å². The van der Waals surface area contributed by atoms with Crippen LogP contribution in [0.25, 0.3) is 5.32 Å². The molecule has 2 atom stereocenters. The minimum atomic E-state index is -3.67. The zero-order valence-corrected chi connectivity index (χ0v) is 26.9. The summed E-state index contributed by atoms with van der Waals surface area (Å²) in [6.45, 7) is 7.03. The van der Waals surface area contributed by atoms with Crippen LogP contribution in [0.2, 0.25) is 0 Å². The molecule has 0 saturated heterocycles. The summed E-state index contributed by atoms with van der Waals surface area (Å²) in [5.41, 5.74) is 0.603. The fourth-order valence-electron chi connectivity index (χ4n) is 5.70. The summed E-state index contributed by atoms with van der Waals surface area (Å²) < 4.78 is 31.0. The number of rotatable bonds is 11. The molecule has 0 spiro atoms. The quantitative estimate of drug-likeness (QED) is 0.219. The van der Waals surface area contributed by atoms with Gasteiger partial charge in [0.25, 0.3) is 0 Å². The van der Waals surface area contributed by atoms with Crippen LogP contribution in [0.5, 0.6) is 0 Å². The molecule has 2 aliphatic rings. The number of aryl methyl sites for hydroxylation is 1. The Balaban J connectivity index is 0.00000506. The third-order valence-electron chi connectivity index (χ3n) is 7.61. The molecular weight excluding hydrogens is 562 g/mol. The third-order valence-corrected chi connectivity index (χ3v) is 9.77. The van der Waals surface area contributed by atoms with Crippen molar-refractivity contribution in [3.63, 3.8) is 0 Å². The van der Waals surface area contributed by atoms with Gasteiger partial charge < -0.3 is 28.8 Å². The van der Waals surface area contributed by atoms with Crippen molar-refractivity contribution in [3.05, 3.63) is 71.0 Å². The molecule has 11 heteroatoms. The van der Waals surface area contributed by atoms with Gasteiger partial charge in [-0.25, -0.2) is 0 Å². The molecule has 43 heavy (non-hydrogen) atoms. The summed E-state index contributed by atoms with van der Waals surface area (Å²) in [4.78, 5) is 42.0. The number of esters is 1. The standard InChI is InChI=1S/C32H43N2O7P.Li/c1-5-39-42(38,40-22-24-13-7-6-8-14-24)23-32(19-11-12-20-32)30(37)33-26-18-17-25-15-9-10-16-27(25)34(29(26)36)21-28(35)41-31(2,3)4;/h6-10,13-16,26H,5,11-12,17-23H2,1-4H3,(H,33,37);/q;+1/p-1/t26-,42?;/m0./s1. The van der Waals surface area contributed by atoms with E-state index < -0.39 is 42.4 Å². The maximum atomic E-state index is 14.0. The van der Waals surface area contributed by atoms with Crippen molar-refractivity contribution in [3.8, 4) is 0 Å². The number of carbonyl (C=O) groups is 3. The molecule has 0 aromatic heterocycles. The van der Waals surface area contributed by atoms with Gasteiger partial charge in [-0.1, -0.05) is 67.8 Å². The fraction of sp³-hybridized carbons (Fsp3) is 0.531. The topological polar surface area (TPSA) is 113 Å². The van der Waals surface area contributed by atoms with E-state index in [1.165, 1.54) is 4.90 Å². The Labute approximate surface area is 267 Å². The molecule has 0 radical (unpaired) electrons. The van der Waals surface area contributed by atoms with E-state index in [9.17, 15) is 18.9 Å². The van der Waals surface area contributed by atoms with Gasteiger partial charge in [-0.15, -0.1) is 0 Å². The Bertz CT molecular complexity index is 1310. The van der Waals surface area contributed by atoms with Crippen molar-refractivity contribution < 1.29 is 51.6 Å². The van der Waals surface area contributed by atoms with E-state index in [1.54, 1.807) is 33.8 Å². The number of hydrogen-bond donors (Lipinski definition) is 0. The van der Waals surface area contributed by atoms with Crippen LogP contribution in [0.15, 0.2) is 54.6 Å². The Morgan fingerprint density at radius 1 is 1.02 bits per heavy atom. The molecule has 2 amide bonds. The molecule has 2 aromatic carbocycles. The number of anilines is 1. The predicted octanol–water partition coefficient (Wildman–Crippen LogP) is 3.59. The van der Waals surface area contributed by atoms with Crippen LogP contribution < -0.4 is 23.8 Å². The van der Waals surface area contributed by atoms with Crippen LogP contribution in [0.1, 0.15) is 70.9 Å². The fourth-order valence-corrected chi connectivity index (χ4v) is 7.89. The SMILES string of the molecule is CCOP(=O)(CC1(C(=O)[N-][C@H]2CCc3ccccc3N(CC(=O)OC(C)(C)C)C2=O)CCCC1)OCc1ccccc1.[Li+]. The summed E-state index contributed by atoms with van der Waals surface area (Å²) in [6.07, 6.45) is 3.27. The van der Waals surface area contributed by atoms with E-state index in [-0.39, 0.29) is 44.8 Å². The zero-order chi connectivity index (χ0) is 30.4. The van der Waals surface area contributed by atoms with Gasteiger partial charge >= 0.3 is 32.4 Å². The number of amides is 2. The molecule has 9 nitrogen and oxygen atoms in total. The molecule has 2 aromatic rings. The van der Waals surface area contributed by atoms with Gasteiger partial charge in [-0.3, -0.25) is 14.2 Å². The van der Waals surface area contributed by atoms with Gasteiger partial charge in [-0.05, 0) is 70.2 Å². The van der Waals surface area contributed by atoms with Gasteiger partial charge in [-0.2, -0.15) is 0 Å². The van der Waals surface area contributed by atoms with Crippen molar-refractivity contribution in [2.45, 2.75) is 84.5 Å². The molecule has 1 fully saturated rings. The third kappa shape index (κ3) is 9.30. The second-order valence-corrected chi connectivity index (χ2v) is 14.1. The molecule has 0 N–H and O–H groups in total. The van der Waals surface area contributed by atoms with Crippen molar-refractivity contribution in [1.29, 1.82) is 0 Å². The van der Waals surface area contributed by atoms with Crippen LogP contribution in [0.4, 0.5) is 5.69 Å². The minimum absolute atomic E-state index is 0. The van der Waals surface area contributed by atoms with Crippen molar-refractivity contribution in [1.82, 2.24) is 0 Å². The summed E-state index contributed by atoms with van der Waals surface area (Å²) in [7, 11) is -3.67. The molecule has 1 heterocycles. The molecule has 1 aliphatic carbocycles. The number of nitrogens with zero attached hydrogens (tertiary/aromatic N) is 2. The maximum absolute atomic E-state index is 14.0. The van der Waals surface area contributed by atoms with Gasteiger partial charge in [0.2, 0.25) is 5.91 Å². The number of carbonyl (C=O) groups excluding carboxylic acids is 3. The van der Waals surface area contributed by atoms with Crippen LogP contribution >= 0.6 is 7.60 Å². The van der Waals surface area contributed by atoms with E-state index in [0.29, 0.717) is 31.4 Å². The van der Waals surface area contributed by atoms with Gasteiger partial charge in [0.15, 0.2) is 0 Å². The van der Waals surface area contributed by atoms with E-state index in [1.807, 2.05) is 48.5 Å². The first kappa shape index (κ1) is 35.1. The maximum Gasteiger partial charge on any atom is 1.00 e. The summed E-state index contributed by atoms with van der Waals surface area (Å²) >= 11 is 0. The van der Waals surface area contributed by atoms with Crippen LogP contribution in [-0.2, 0) is 45.8 Å². The largest absolute Gasteiger partial charge is 1.00 e. The monoisotopic (exact) mass is 604 g/mol. The number of para-hydroxylation sites is 1. The van der Waals surface area contributed by atoms with E-state index in [0.717, 1.165) is 24.0 Å². The van der Waals surface area contributed by atoms with E-state index in [4.69, 9.17) is 13.8 Å². The van der Waals surface area contributed by atoms with Crippen LogP contribution in [0, 0.1) is 5.41 Å². The van der Waals surface area contributed by atoms with Gasteiger partial charge in [0, 0.05) is 11.1 Å². The van der Waals surface area contributed by atoms with E-state index >= 15 is 0 Å². The molecular formula is C32H42LiN2O7P. The van der Waals surface area contributed by atoms with E-state index in [2.05, 4.69) is 5.32 Å². The van der Waals surface area contributed by atoms with Crippen molar-refractivity contribution in [2.24, 2.45) is 5.41 Å². The molecule has 228 valence electrons. The summed E-state index contributed by atoms with van der Waals surface area (Å²) in [5, 5.41) is 4.49. The second kappa shape index (κ2) is 15.1. The Kier molecular flexibility index (Phi) is 12.3. The first-order chi connectivity index (χ1) is 19.9. The van der Waals surface area contributed by atoms with Gasteiger partial charge in [0.05, 0.1) is 25.3 Å². The number of fused-ring (bicyclic) bond motifs is 1. The van der Waals surface area contributed by atoms with Crippen LogP contribution in [-0.4, -0.2) is 48.7 Å². The Morgan fingerprint density at radius 3 is 2.33 bits per heavy atom. The molecule has 4 rings (SSSR count). The number of ether oxygens (including phenoxy) is 1. The smallest absolute Gasteiger partial charge is 0.643 e. The normalized spacial score (nSPS) is 19.4. The zero-order valence-electron chi connectivity index (χ0n) is 26.0. The summed E-state index contributed by atoms with van der Waals surface area (Å²) in [6, 6.07) is 15.8. The second-order valence-electron chi connectivity index (χ2n) is 12.1. The average Bonchev–Trinajstić information content (AvgIpc) is 3.37. The predicted molar refractivity (Wildman–Crippen MR) is 161 cm³/mol. The molecule has 1 unspecified atom stereocenters. The number of benzene rings is 2. The first-order valence-corrected chi connectivity index (χ1v) is 16.4. The van der Waals surface area contributed by atoms with Gasteiger partial charge in [0.1, 0.15) is 12.1 Å². The minimum Gasteiger partial charge on any atom is -0.643 e. The average molecular weight is 605 g/mol. The summed E-state index contributed by atoms with van der Waals surface area (Å²) in [5.74, 6) is -1.43. The Hall–Kier alpha value is -2.40. The first-order valence-electron chi connectivity index (χ1n) is 14.7.